The zero-order valence-corrected chi connectivity index (χ0v) is 16.1. The molecule has 0 aromatic heterocycles. The number of rotatable bonds is 8. The number of aliphatic hydroxyl groups excluding tert-OH is 1. The van der Waals surface area contributed by atoms with Crippen molar-refractivity contribution in [3.8, 4) is 0 Å². The van der Waals surface area contributed by atoms with Crippen molar-refractivity contribution in [3.05, 3.63) is 70.7 Å². The molecule has 0 aliphatic carbocycles. The predicted octanol–water partition coefficient (Wildman–Crippen LogP) is 2.34. The molecule has 0 bridgehead atoms. The molecule has 1 unspecified atom stereocenters. The van der Waals surface area contributed by atoms with Gasteiger partial charge in [0.1, 0.15) is 12.6 Å². The third-order valence-electron chi connectivity index (χ3n) is 3.32. The van der Waals surface area contributed by atoms with E-state index >= 15 is 0 Å². The van der Waals surface area contributed by atoms with Crippen LogP contribution < -0.4 is 4.72 Å². The fraction of sp³-hybridized carbons (Fsp3) is 0.167. The van der Waals surface area contributed by atoms with Crippen LogP contribution in [0, 0.1) is 0 Å². The molecule has 0 aliphatic rings. The van der Waals surface area contributed by atoms with E-state index in [1.165, 1.54) is 12.1 Å². The molecular weight excluding hydrogens is 422 g/mol. The molecule has 0 aliphatic heterocycles. The van der Waals surface area contributed by atoms with Crippen molar-refractivity contribution in [3.63, 3.8) is 0 Å². The van der Waals surface area contributed by atoms with Gasteiger partial charge >= 0.3 is 5.97 Å². The zero-order valence-electron chi connectivity index (χ0n) is 13.7. The van der Waals surface area contributed by atoms with Crippen LogP contribution in [0.3, 0.4) is 0 Å². The normalized spacial score (nSPS) is 12.8. The van der Waals surface area contributed by atoms with Crippen molar-refractivity contribution in [1.29, 1.82) is 0 Å². The number of nitrogens with one attached hydrogen (secondary N) is 1. The van der Waals surface area contributed by atoms with Crippen LogP contribution in [0.4, 0.5) is 0 Å². The minimum absolute atomic E-state index is 0.0177. The van der Waals surface area contributed by atoms with E-state index < -0.39 is 28.6 Å². The van der Waals surface area contributed by atoms with Gasteiger partial charge in [0, 0.05) is 4.47 Å². The van der Waals surface area contributed by atoms with Crippen LogP contribution in [-0.4, -0.2) is 38.7 Å². The van der Waals surface area contributed by atoms with E-state index in [0.29, 0.717) is 0 Å². The number of ether oxygens (including phenoxy) is 1. The maximum absolute atomic E-state index is 12.3. The van der Waals surface area contributed by atoms with Gasteiger partial charge in [-0.25, -0.2) is 8.42 Å². The first-order chi connectivity index (χ1) is 12.4. The molecular formula is C18H18BrNO5S. The summed E-state index contributed by atoms with van der Waals surface area (Å²) < 4.78 is 32.4. The summed E-state index contributed by atoms with van der Waals surface area (Å²) in [4.78, 5) is 12.0. The van der Waals surface area contributed by atoms with Crippen LogP contribution in [-0.2, 0) is 19.6 Å². The highest BCUT2D eigenvalue weighted by molar-refractivity contribution is 9.10. The molecule has 8 heteroatoms. The molecule has 0 heterocycles. The summed E-state index contributed by atoms with van der Waals surface area (Å²) in [5.41, 5.74) is 0.943. The average molecular weight is 440 g/mol. The Morgan fingerprint density at radius 2 is 1.81 bits per heavy atom. The fourth-order valence-electron chi connectivity index (χ4n) is 2.01. The average Bonchev–Trinajstić information content (AvgIpc) is 2.64. The lowest BCUT2D eigenvalue weighted by molar-refractivity contribution is -0.145. The Hall–Kier alpha value is -2.00. The number of hydrogen-bond donors (Lipinski definition) is 2. The second kappa shape index (κ2) is 9.63. The Kier molecular flexibility index (Phi) is 7.52. The standard InChI is InChI=1S/C18H18BrNO5S/c19-15-8-10-16(11-9-15)26(23,24)20-17(13-21)18(22)25-12-4-7-14-5-2-1-3-6-14/h1-11,17,20-21H,12-13H2/b7-4+. The summed E-state index contributed by atoms with van der Waals surface area (Å²) in [7, 11) is -3.96. The summed E-state index contributed by atoms with van der Waals surface area (Å²) in [6.45, 7) is -0.749. The Balaban J connectivity index is 1.93. The maximum Gasteiger partial charge on any atom is 0.326 e. The van der Waals surface area contributed by atoms with Crippen molar-refractivity contribution >= 4 is 38.0 Å². The molecule has 2 aromatic rings. The third-order valence-corrected chi connectivity index (χ3v) is 5.34. The Morgan fingerprint density at radius 3 is 2.42 bits per heavy atom. The van der Waals surface area contributed by atoms with Crippen LogP contribution in [0.25, 0.3) is 6.08 Å². The van der Waals surface area contributed by atoms with E-state index in [9.17, 15) is 18.3 Å². The number of hydrogen-bond acceptors (Lipinski definition) is 5. The summed E-state index contributed by atoms with van der Waals surface area (Å²) >= 11 is 3.22. The Bertz CT molecular complexity index is 851. The molecule has 2 N–H and O–H groups in total. The first-order valence-electron chi connectivity index (χ1n) is 7.69. The van der Waals surface area contributed by atoms with Gasteiger partial charge in [0.2, 0.25) is 10.0 Å². The topological polar surface area (TPSA) is 92.7 Å². The van der Waals surface area contributed by atoms with Crippen molar-refractivity contribution < 1.29 is 23.1 Å². The van der Waals surface area contributed by atoms with Crippen LogP contribution >= 0.6 is 15.9 Å². The fourth-order valence-corrected chi connectivity index (χ4v) is 3.45. The molecule has 6 nitrogen and oxygen atoms in total. The molecule has 2 aromatic carbocycles. The van der Waals surface area contributed by atoms with Gasteiger partial charge in [-0.3, -0.25) is 4.79 Å². The highest BCUT2D eigenvalue weighted by Gasteiger charge is 2.26. The molecule has 1 atom stereocenters. The quantitative estimate of drug-likeness (QED) is 0.615. The zero-order chi connectivity index (χ0) is 19.0. The first kappa shape index (κ1) is 20.3. The highest BCUT2D eigenvalue weighted by Crippen LogP contribution is 2.15. The second-order valence-corrected chi connectivity index (χ2v) is 7.88. The van der Waals surface area contributed by atoms with Crippen molar-refractivity contribution in [1.82, 2.24) is 4.72 Å². The van der Waals surface area contributed by atoms with Gasteiger partial charge in [-0.1, -0.05) is 52.3 Å². The van der Waals surface area contributed by atoms with Crippen LogP contribution in [0.5, 0.6) is 0 Å². The molecule has 2 rings (SSSR count). The number of halogens is 1. The monoisotopic (exact) mass is 439 g/mol. The predicted molar refractivity (Wildman–Crippen MR) is 102 cm³/mol. The van der Waals surface area contributed by atoms with Gasteiger partial charge in [-0.15, -0.1) is 0 Å². The molecule has 0 fully saturated rings. The van der Waals surface area contributed by atoms with E-state index in [-0.39, 0.29) is 11.5 Å². The molecule has 0 spiro atoms. The van der Waals surface area contributed by atoms with Crippen LogP contribution in [0.1, 0.15) is 5.56 Å². The Labute approximate surface area is 160 Å². The maximum atomic E-state index is 12.3. The van der Waals surface area contributed by atoms with E-state index in [0.717, 1.165) is 10.0 Å². The molecule has 138 valence electrons. The second-order valence-electron chi connectivity index (χ2n) is 5.25. The van der Waals surface area contributed by atoms with E-state index in [2.05, 4.69) is 20.7 Å². The summed E-state index contributed by atoms with van der Waals surface area (Å²) in [6.07, 6.45) is 3.40. The SMILES string of the molecule is O=C(OC/C=C/c1ccccc1)C(CO)NS(=O)(=O)c1ccc(Br)cc1. The molecule has 26 heavy (non-hydrogen) atoms. The largest absolute Gasteiger partial charge is 0.460 e. The number of esters is 1. The van der Waals surface area contributed by atoms with Gasteiger partial charge in [-0.2, -0.15) is 4.72 Å². The molecule has 0 saturated heterocycles. The van der Waals surface area contributed by atoms with Crippen LogP contribution in [0.2, 0.25) is 0 Å². The minimum atomic E-state index is -3.96. The lowest BCUT2D eigenvalue weighted by Crippen LogP contribution is -2.44. The minimum Gasteiger partial charge on any atom is -0.460 e. The summed E-state index contributed by atoms with van der Waals surface area (Å²) in [5.74, 6) is -0.856. The van der Waals surface area contributed by atoms with E-state index in [1.807, 2.05) is 30.3 Å². The lowest BCUT2D eigenvalue weighted by atomic mass is 10.2. The van der Waals surface area contributed by atoms with E-state index in [4.69, 9.17) is 4.74 Å². The number of benzene rings is 2. The van der Waals surface area contributed by atoms with Crippen molar-refractivity contribution in [2.24, 2.45) is 0 Å². The van der Waals surface area contributed by atoms with Gasteiger partial charge in [-0.05, 0) is 35.9 Å². The smallest absolute Gasteiger partial charge is 0.326 e. The first-order valence-corrected chi connectivity index (χ1v) is 9.97. The molecule has 0 saturated carbocycles. The lowest BCUT2D eigenvalue weighted by Gasteiger charge is -2.15. The van der Waals surface area contributed by atoms with Gasteiger partial charge in [0.05, 0.1) is 11.5 Å². The van der Waals surface area contributed by atoms with Gasteiger partial charge in [0.15, 0.2) is 0 Å². The number of carbonyl (C=O) groups is 1. The van der Waals surface area contributed by atoms with Crippen LogP contribution in [0.15, 0.2) is 70.0 Å². The highest BCUT2D eigenvalue weighted by atomic mass is 79.9. The van der Waals surface area contributed by atoms with Gasteiger partial charge < -0.3 is 9.84 Å². The third kappa shape index (κ3) is 6.06. The molecule has 0 amide bonds. The van der Waals surface area contributed by atoms with Gasteiger partial charge in [0.25, 0.3) is 0 Å². The van der Waals surface area contributed by atoms with Crippen molar-refractivity contribution in [2.45, 2.75) is 10.9 Å². The number of aliphatic hydroxyl groups is 1. The van der Waals surface area contributed by atoms with E-state index in [1.54, 1.807) is 24.3 Å². The Morgan fingerprint density at radius 1 is 1.15 bits per heavy atom. The summed E-state index contributed by atoms with van der Waals surface area (Å²) in [5, 5.41) is 9.33. The molecule has 0 radical (unpaired) electrons. The van der Waals surface area contributed by atoms with Crippen molar-refractivity contribution in [2.75, 3.05) is 13.2 Å². The number of sulfonamides is 1. The summed E-state index contributed by atoms with van der Waals surface area (Å²) in [6, 6.07) is 13.9. The number of carbonyl (C=O) groups excluding carboxylic acids is 1.